The van der Waals surface area contributed by atoms with Gasteiger partial charge in [-0.1, -0.05) is 0 Å². The lowest BCUT2D eigenvalue weighted by Gasteiger charge is -2.28. The van der Waals surface area contributed by atoms with Crippen molar-refractivity contribution in [3.8, 4) is 0 Å². The highest BCUT2D eigenvalue weighted by Crippen LogP contribution is 2.29. The van der Waals surface area contributed by atoms with Crippen molar-refractivity contribution in [3.63, 3.8) is 0 Å². The molecule has 2 aromatic rings. The van der Waals surface area contributed by atoms with Crippen molar-refractivity contribution in [1.29, 1.82) is 0 Å². The molecule has 148 valence electrons. The van der Waals surface area contributed by atoms with E-state index in [4.69, 9.17) is 9.47 Å². The van der Waals surface area contributed by atoms with E-state index in [2.05, 4.69) is 20.2 Å². The van der Waals surface area contributed by atoms with E-state index < -0.39 is 0 Å². The number of H-pyrrole nitrogens is 1. The summed E-state index contributed by atoms with van der Waals surface area (Å²) in [7, 11) is 0. The molecule has 0 aromatic carbocycles. The number of rotatable bonds is 4. The molecule has 0 aliphatic carbocycles. The van der Waals surface area contributed by atoms with E-state index in [9.17, 15) is 4.79 Å². The lowest BCUT2D eigenvalue weighted by Crippen LogP contribution is -2.37. The second-order valence-electron chi connectivity index (χ2n) is 7.08. The van der Waals surface area contributed by atoms with Gasteiger partial charge in [0, 0.05) is 50.6 Å². The van der Waals surface area contributed by atoms with Crippen molar-refractivity contribution in [3.05, 3.63) is 23.5 Å². The number of morpholine rings is 1. The van der Waals surface area contributed by atoms with Crippen LogP contribution in [0.3, 0.4) is 0 Å². The third kappa shape index (κ3) is 4.20. The van der Waals surface area contributed by atoms with Crippen molar-refractivity contribution in [2.24, 2.45) is 5.92 Å². The molecule has 27 heavy (non-hydrogen) atoms. The van der Waals surface area contributed by atoms with Crippen LogP contribution in [0.15, 0.2) is 12.4 Å². The van der Waals surface area contributed by atoms with Crippen LogP contribution in [0.1, 0.15) is 28.8 Å². The molecule has 0 atom stereocenters. The molecule has 0 spiro atoms. The average molecular weight is 395 g/mol. The van der Waals surface area contributed by atoms with Gasteiger partial charge in [0.2, 0.25) is 0 Å². The Labute approximate surface area is 165 Å². The summed E-state index contributed by atoms with van der Waals surface area (Å²) in [6.07, 6.45) is 5.68. The molecular weight excluding hydrogens is 368 g/mol. The minimum Gasteiger partial charge on any atom is -0.381 e. The van der Waals surface area contributed by atoms with Gasteiger partial charge in [-0.2, -0.15) is 0 Å². The maximum absolute atomic E-state index is 12.8. The van der Waals surface area contributed by atoms with Crippen LogP contribution < -0.4 is 10.2 Å². The molecule has 2 fully saturated rings. The number of amides is 1. The number of carbonyl (C=O) groups is 1. The van der Waals surface area contributed by atoms with Crippen LogP contribution in [0.25, 0.3) is 10.9 Å². The Kier molecular flexibility index (Phi) is 6.57. The van der Waals surface area contributed by atoms with E-state index in [1.54, 1.807) is 6.20 Å². The molecule has 2 N–H and O–H groups in total. The van der Waals surface area contributed by atoms with Gasteiger partial charge in [-0.25, -0.2) is 4.98 Å². The molecular formula is C19H27ClN4O3. The van der Waals surface area contributed by atoms with E-state index in [1.807, 2.05) is 13.1 Å². The summed E-state index contributed by atoms with van der Waals surface area (Å²) in [5.74, 6) is 1.35. The summed E-state index contributed by atoms with van der Waals surface area (Å²) in [6.45, 7) is 7.34. The predicted molar refractivity (Wildman–Crippen MR) is 107 cm³/mol. The number of fused-ring (bicyclic) bond motifs is 1. The molecule has 1 amide bonds. The normalized spacial score (nSPS) is 18.3. The zero-order valence-corrected chi connectivity index (χ0v) is 16.4. The van der Waals surface area contributed by atoms with E-state index in [-0.39, 0.29) is 18.3 Å². The zero-order valence-electron chi connectivity index (χ0n) is 15.6. The molecule has 0 bridgehead atoms. The van der Waals surface area contributed by atoms with Gasteiger partial charge in [0.1, 0.15) is 0 Å². The topological polar surface area (TPSA) is 79.5 Å². The second kappa shape index (κ2) is 8.91. The number of aryl methyl sites for hydroxylation is 1. The molecule has 7 nitrogen and oxygen atoms in total. The van der Waals surface area contributed by atoms with Crippen molar-refractivity contribution in [2.45, 2.75) is 19.8 Å². The molecule has 0 saturated carbocycles. The summed E-state index contributed by atoms with van der Waals surface area (Å²) in [6, 6.07) is 0. The number of pyridine rings is 1. The van der Waals surface area contributed by atoms with Gasteiger partial charge in [-0.3, -0.25) is 4.79 Å². The third-order valence-corrected chi connectivity index (χ3v) is 5.33. The largest absolute Gasteiger partial charge is 0.381 e. The molecule has 4 heterocycles. The molecule has 2 aliphatic rings. The number of halogens is 1. The summed E-state index contributed by atoms with van der Waals surface area (Å²) < 4.78 is 10.8. The average Bonchev–Trinajstić information content (AvgIpc) is 3.09. The molecule has 4 rings (SSSR count). The van der Waals surface area contributed by atoms with Gasteiger partial charge in [-0.15, -0.1) is 12.4 Å². The van der Waals surface area contributed by atoms with E-state index >= 15 is 0 Å². The van der Waals surface area contributed by atoms with Gasteiger partial charge in [0.05, 0.1) is 24.3 Å². The number of nitrogens with zero attached hydrogens (tertiary/aromatic N) is 2. The van der Waals surface area contributed by atoms with Crippen LogP contribution in [-0.2, 0) is 9.47 Å². The lowest BCUT2D eigenvalue weighted by molar-refractivity contribution is 0.0643. The number of aromatic amines is 1. The van der Waals surface area contributed by atoms with Crippen molar-refractivity contribution >= 4 is 35.0 Å². The maximum Gasteiger partial charge on any atom is 0.253 e. The van der Waals surface area contributed by atoms with Crippen molar-refractivity contribution in [1.82, 2.24) is 15.3 Å². The zero-order chi connectivity index (χ0) is 17.9. The minimum absolute atomic E-state index is 0. The van der Waals surface area contributed by atoms with Gasteiger partial charge in [0.25, 0.3) is 5.91 Å². The Balaban J connectivity index is 0.00000210. The summed E-state index contributed by atoms with van der Waals surface area (Å²) in [5, 5.41) is 4.06. The molecule has 2 aliphatic heterocycles. The number of nitrogens with one attached hydrogen (secondary N) is 2. The number of hydrogen-bond acceptors (Lipinski definition) is 5. The fraction of sp³-hybridized carbons (Fsp3) is 0.579. The first-order valence-corrected chi connectivity index (χ1v) is 9.39. The first kappa shape index (κ1) is 19.9. The molecule has 8 heteroatoms. The van der Waals surface area contributed by atoms with E-state index in [0.717, 1.165) is 61.4 Å². The number of hydrogen-bond donors (Lipinski definition) is 2. The number of ether oxygens (including phenoxy) is 2. The molecule has 0 unspecified atom stereocenters. The smallest absolute Gasteiger partial charge is 0.253 e. The number of aromatic nitrogens is 2. The Morgan fingerprint density at radius 2 is 1.96 bits per heavy atom. The van der Waals surface area contributed by atoms with Gasteiger partial charge in [0.15, 0.2) is 5.82 Å². The molecule has 2 saturated heterocycles. The maximum atomic E-state index is 12.8. The summed E-state index contributed by atoms with van der Waals surface area (Å²) >= 11 is 0. The first-order chi connectivity index (χ1) is 12.7. The monoisotopic (exact) mass is 394 g/mol. The lowest BCUT2D eigenvalue weighted by atomic mass is 10.00. The van der Waals surface area contributed by atoms with Crippen molar-refractivity contribution < 1.29 is 14.3 Å². The highest BCUT2D eigenvalue weighted by atomic mass is 35.5. The van der Waals surface area contributed by atoms with Crippen LogP contribution in [0.2, 0.25) is 0 Å². The van der Waals surface area contributed by atoms with Gasteiger partial charge < -0.3 is 24.7 Å². The molecule has 2 aromatic heterocycles. The number of carbonyl (C=O) groups excluding carboxylic acids is 1. The van der Waals surface area contributed by atoms with E-state index in [1.165, 1.54) is 0 Å². The first-order valence-electron chi connectivity index (χ1n) is 9.39. The van der Waals surface area contributed by atoms with Crippen LogP contribution >= 0.6 is 12.4 Å². The Hall–Kier alpha value is -1.83. The Morgan fingerprint density at radius 1 is 1.26 bits per heavy atom. The summed E-state index contributed by atoms with van der Waals surface area (Å²) in [5.41, 5.74) is 2.64. The Bertz CT molecular complexity index is 783. The van der Waals surface area contributed by atoms with Crippen molar-refractivity contribution in [2.75, 3.05) is 51.0 Å². The predicted octanol–water partition coefficient (Wildman–Crippen LogP) is 2.29. The Morgan fingerprint density at radius 3 is 2.70 bits per heavy atom. The quantitative estimate of drug-likeness (QED) is 0.831. The van der Waals surface area contributed by atoms with Crippen LogP contribution in [-0.4, -0.2) is 61.9 Å². The van der Waals surface area contributed by atoms with Crippen LogP contribution in [0, 0.1) is 12.8 Å². The van der Waals surface area contributed by atoms with Crippen LogP contribution in [0.5, 0.6) is 0 Å². The van der Waals surface area contributed by atoms with Gasteiger partial charge >= 0.3 is 0 Å². The van der Waals surface area contributed by atoms with E-state index in [0.29, 0.717) is 31.2 Å². The standard InChI is InChI=1S/C19H26N4O3.ClH/c1-13-10-20-17-16(13)15(12-21-18(17)23-4-8-26-9-5-23)19(24)22-11-14-2-6-25-7-3-14;/h10,12,14,20H,2-9,11H2,1H3,(H,22,24);1H. The fourth-order valence-electron chi connectivity index (χ4n) is 3.77. The summed E-state index contributed by atoms with van der Waals surface area (Å²) in [4.78, 5) is 23.0. The minimum atomic E-state index is -0.0507. The third-order valence-electron chi connectivity index (χ3n) is 5.33. The SMILES string of the molecule is Cc1c[nH]c2c(N3CCOCC3)ncc(C(=O)NCC3CCOCC3)c12.Cl. The highest BCUT2D eigenvalue weighted by Gasteiger charge is 2.22. The van der Waals surface area contributed by atoms with Gasteiger partial charge in [-0.05, 0) is 31.2 Å². The fourth-order valence-corrected chi connectivity index (χ4v) is 3.77. The highest BCUT2D eigenvalue weighted by molar-refractivity contribution is 6.09. The molecule has 0 radical (unpaired) electrons. The van der Waals surface area contributed by atoms with Crippen LogP contribution in [0.4, 0.5) is 5.82 Å². The number of anilines is 1. The second-order valence-corrected chi connectivity index (χ2v) is 7.08.